The van der Waals surface area contributed by atoms with E-state index in [2.05, 4.69) is 231 Å². The maximum Gasteiger partial charge on any atom is 0.0725 e. The van der Waals surface area contributed by atoms with Gasteiger partial charge in [0.1, 0.15) is 0 Å². The van der Waals surface area contributed by atoms with Gasteiger partial charge < -0.3 is 4.90 Å². The summed E-state index contributed by atoms with van der Waals surface area (Å²) in [5.74, 6) is 0. The van der Waals surface area contributed by atoms with Crippen LogP contribution in [0.3, 0.4) is 0 Å². The number of anilines is 3. The molecule has 3 aliphatic carbocycles. The lowest BCUT2D eigenvalue weighted by Crippen LogP contribution is -2.25. The van der Waals surface area contributed by atoms with Gasteiger partial charge in [0.25, 0.3) is 0 Å². The Morgan fingerprint density at radius 1 is 0.288 bits per heavy atom. The molecule has 3 aliphatic rings. The van der Waals surface area contributed by atoms with Crippen molar-refractivity contribution >= 4 is 17.1 Å². The third-order valence-electron chi connectivity index (χ3n) is 13.5. The molecule has 278 valence electrons. The van der Waals surface area contributed by atoms with Crippen LogP contribution < -0.4 is 4.90 Å². The molecule has 0 unspecified atom stereocenters. The van der Waals surface area contributed by atoms with Gasteiger partial charge in [-0.05, 0) is 120 Å². The molecule has 0 atom stereocenters. The highest BCUT2D eigenvalue weighted by Gasteiger charge is 2.51. The van der Waals surface area contributed by atoms with Gasteiger partial charge in [0.15, 0.2) is 0 Å². The van der Waals surface area contributed by atoms with E-state index in [9.17, 15) is 0 Å². The second kappa shape index (κ2) is 12.6. The average Bonchev–Trinajstić information content (AvgIpc) is 3.85. The molecule has 0 saturated carbocycles. The van der Waals surface area contributed by atoms with E-state index in [-0.39, 0.29) is 10.8 Å². The molecule has 0 N–H and O–H groups in total. The lowest BCUT2D eigenvalue weighted by Gasteiger charge is -2.32. The molecule has 9 aromatic rings. The summed E-state index contributed by atoms with van der Waals surface area (Å²) < 4.78 is 0. The molecule has 1 nitrogen and oxygen atoms in total. The van der Waals surface area contributed by atoms with Gasteiger partial charge in [-0.25, -0.2) is 0 Å². The lowest BCUT2D eigenvalue weighted by molar-refractivity contribution is 0.660. The highest BCUT2D eigenvalue weighted by atomic mass is 15.1. The molecule has 0 amide bonds. The van der Waals surface area contributed by atoms with Gasteiger partial charge in [-0.2, -0.15) is 0 Å². The molecule has 9 aromatic carbocycles. The summed E-state index contributed by atoms with van der Waals surface area (Å²) in [5, 5.41) is 0. The zero-order chi connectivity index (χ0) is 39.3. The summed E-state index contributed by atoms with van der Waals surface area (Å²) >= 11 is 0. The molecular weight excluding hydrogens is 711 g/mol. The number of nitrogens with zero attached hydrogens (tertiary/aromatic N) is 1. The van der Waals surface area contributed by atoms with Crippen molar-refractivity contribution in [2.75, 3.05) is 4.90 Å². The second-order valence-corrected chi connectivity index (χ2v) is 16.8. The molecule has 0 heterocycles. The fourth-order valence-electron chi connectivity index (χ4n) is 10.9. The SMILES string of the molecule is CC1(C)c2ccccc2-c2ccc(N(c3ccc4c(c3)-c3ccccc3C43c4ccccc4-c4ccccc43)c3ccccc3-c3cccc(-c4ccccc4)c3)cc21. The van der Waals surface area contributed by atoms with Crippen LogP contribution in [0.1, 0.15) is 47.2 Å². The molecular formula is C58H41N. The van der Waals surface area contributed by atoms with Crippen LogP contribution in [0.2, 0.25) is 0 Å². The highest BCUT2D eigenvalue weighted by Crippen LogP contribution is 2.63. The van der Waals surface area contributed by atoms with Gasteiger partial charge in [0, 0.05) is 22.4 Å². The molecule has 59 heavy (non-hydrogen) atoms. The Kier molecular flexibility index (Phi) is 7.26. The van der Waals surface area contributed by atoms with Crippen molar-refractivity contribution in [3.8, 4) is 55.6 Å². The summed E-state index contributed by atoms with van der Waals surface area (Å²) in [7, 11) is 0. The molecule has 0 saturated heterocycles. The smallest absolute Gasteiger partial charge is 0.0725 e. The van der Waals surface area contributed by atoms with E-state index in [4.69, 9.17) is 0 Å². The van der Waals surface area contributed by atoms with E-state index < -0.39 is 0 Å². The lowest BCUT2D eigenvalue weighted by atomic mass is 9.70. The van der Waals surface area contributed by atoms with Gasteiger partial charge >= 0.3 is 0 Å². The van der Waals surface area contributed by atoms with Crippen LogP contribution in [0.4, 0.5) is 17.1 Å². The van der Waals surface area contributed by atoms with Crippen LogP contribution in [0.25, 0.3) is 55.6 Å². The van der Waals surface area contributed by atoms with E-state index in [0.717, 1.165) is 17.1 Å². The van der Waals surface area contributed by atoms with Gasteiger partial charge in [0.2, 0.25) is 0 Å². The van der Waals surface area contributed by atoms with Crippen LogP contribution in [-0.4, -0.2) is 0 Å². The Morgan fingerprint density at radius 3 is 1.42 bits per heavy atom. The average molecular weight is 752 g/mol. The third-order valence-corrected chi connectivity index (χ3v) is 13.5. The van der Waals surface area contributed by atoms with Gasteiger partial charge in [-0.3, -0.25) is 0 Å². The summed E-state index contributed by atoms with van der Waals surface area (Å²) in [5.41, 5.74) is 23.7. The fraction of sp³-hybridized carbons (Fsp3) is 0.0690. The quantitative estimate of drug-likeness (QED) is 0.169. The minimum atomic E-state index is -0.387. The normalized spacial score (nSPS) is 14.2. The molecule has 12 rings (SSSR count). The van der Waals surface area contributed by atoms with Crippen LogP contribution in [0, 0.1) is 0 Å². The Hall–Kier alpha value is -7.22. The predicted molar refractivity (Wildman–Crippen MR) is 246 cm³/mol. The number of fused-ring (bicyclic) bond motifs is 13. The minimum absolute atomic E-state index is 0.135. The van der Waals surface area contributed by atoms with Crippen molar-refractivity contribution in [1.29, 1.82) is 0 Å². The van der Waals surface area contributed by atoms with Crippen LogP contribution in [0.15, 0.2) is 212 Å². The summed E-state index contributed by atoms with van der Waals surface area (Å²) in [6.45, 7) is 4.75. The van der Waals surface area contributed by atoms with Gasteiger partial charge in [-0.15, -0.1) is 0 Å². The number of benzene rings is 9. The van der Waals surface area contributed by atoms with Crippen LogP contribution in [0.5, 0.6) is 0 Å². The first-order valence-electron chi connectivity index (χ1n) is 20.8. The molecule has 1 spiro atoms. The van der Waals surface area contributed by atoms with Crippen molar-refractivity contribution in [2.45, 2.75) is 24.7 Å². The summed E-state index contributed by atoms with van der Waals surface area (Å²) in [6.07, 6.45) is 0. The first kappa shape index (κ1) is 33.9. The molecule has 0 aliphatic heterocycles. The highest BCUT2D eigenvalue weighted by molar-refractivity contribution is 5.98. The number of hydrogen-bond acceptors (Lipinski definition) is 1. The van der Waals surface area contributed by atoms with Gasteiger partial charge in [0.05, 0.1) is 11.1 Å². The first-order chi connectivity index (χ1) is 29.0. The fourth-order valence-corrected chi connectivity index (χ4v) is 10.9. The molecule has 1 heteroatoms. The van der Waals surface area contributed by atoms with E-state index in [1.165, 1.54) is 89.0 Å². The van der Waals surface area contributed by atoms with E-state index in [1.54, 1.807) is 0 Å². The van der Waals surface area contributed by atoms with Crippen molar-refractivity contribution < 1.29 is 0 Å². The van der Waals surface area contributed by atoms with E-state index >= 15 is 0 Å². The van der Waals surface area contributed by atoms with Crippen molar-refractivity contribution in [3.63, 3.8) is 0 Å². The maximum absolute atomic E-state index is 2.51. The van der Waals surface area contributed by atoms with Crippen molar-refractivity contribution in [3.05, 3.63) is 246 Å². The minimum Gasteiger partial charge on any atom is -0.310 e. The number of hydrogen-bond donors (Lipinski definition) is 0. The molecule has 0 aromatic heterocycles. The number of para-hydroxylation sites is 1. The standard InChI is InChI=1S/C58H41N/c1-57(2)50-26-11-6-22-44(50)48-33-31-42(37-55(48)57)59(56-30-15-10-21-43(56)40-20-16-19-39(35-40)38-17-4-3-5-18-38)41-32-34-54-49(36-41)47-25-9-14-29-53(47)58(54)51-27-12-7-23-45(51)46-24-8-13-28-52(46)58/h3-37H,1-2H3. The monoisotopic (exact) mass is 751 g/mol. The summed E-state index contributed by atoms with van der Waals surface area (Å²) in [4.78, 5) is 2.51. The van der Waals surface area contributed by atoms with Crippen molar-refractivity contribution in [1.82, 2.24) is 0 Å². The Balaban J connectivity index is 1.10. The number of rotatable bonds is 5. The van der Waals surface area contributed by atoms with Crippen LogP contribution >= 0.6 is 0 Å². The molecule has 0 radical (unpaired) electrons. The van der Waals surface area contributed by atoms with E-state index in [1.807, 2.05) is 0 Å². The zero-order valence-corrected chi connectivity index (χ0v) is 33.2. The van der Waals surface area contributed by atoms with Crippen molar-refractivity contribution in [2.24, 2.45) is 0 Å². The van der Waals surface area contributed by atoms with E-state index in [0.29, 0.717) is 0 Å². The van der Waals surface area contributed by atoms with Crippen LogP contribution in [-0.2, 0) is 10.8 Å². The topological polar surface area (TPSA) is 3.24 Å². The Labute approximate surface area is 346 Å². The van der Waals surface area contributed by atoms with Gasteiger partial charge in [-0.1, -0.05) is 190 Å². The maximum atomic E-state index is 2.51. The Morgan fingerprint density at radius 2 is 0.746 bits per heavy atom. The first-order valence-corrected chi connectivity index (χ1v) is 20.8. The predicted octanol–water partition coefficient (Wildman–Crippen LogP) is 15.1. The third kappa shape index (κ3) is 4.73. The zero-order valence-electron chi connectivity index (χ0n) is 33.2. The summed E-state index contributed by atoms with van der Waals surface area (Å²) in [6, 6.07) is 79.2. The molecule has 0 bridgehead atoms. The Bertz CT molecular complexity index is 3100. The molecule has 0 fully saturated rings. The largest absolute Gasteiger partial charge is 0.310 e. The second-order valence-electron chi connectivity index (χ2n) is 16.8.